The van der Waals surface area contributed by atoms with Gasteiger partial charge in [0.1, 0.15) is 16.9 Å². The van der Waals surface area contributed by atoms with Crippen molar-refractivity contribution in [2.75, 3.05) is 5.32 Å². The van der Waals surface area contributed by atoms with Crippen molar-refractivity contribution in [1.82, 2.24) is 14.8 Å². The lowest BCUT2D eigenvalue weighted by molar-refractivity contribution is -0.162. The minimum absolute atomic E-state index is 0.0104. The fourth-order valence-corrected chi connectivity index (χ4v) is 2.95. The molecular formula is C22H22N4O5. The van der Waals surface area contributed by atoms with Gasteiger partial charge in [-0.25, -0.2) is 9.48 Å². The molecule has 0 fully saturated rings. The molecule has 1 aromatic carbocycles. The van der Waals surface area contributed by atoms with Crippen molar-refractivity contribution in [2.24, 2.45) is 0 Å². The number of hydrogen-bond acceptors (Lipinski definition) is 8. The van der Waals surface area contributed by atoms with Crippen LogP contribution in [0.5, 0.6) is 0 Å². The summed E-state index contributed by atoms with van der Waals surface area (Å²) in [4.78, 5) is 41.5. The Morgan fingerprint density at radius 3 is 2.48 bits per heavy atom. The topological polar surface area (TPSA) is 112 Å². The molecule has 3 rings (SSSR count). The molecule has 0 aliphatic rings. The van der Waals surface area contributed by atoms with E-state index in [-0.39, 0.29) is 16.9 Å². The Kier molecular flexibility index (Phi) is 6.76. The predicted octanol–water partition coefficient (Wildman–Crippen LogP) is 3.13. The van der Waals surface area contributed by atoms with E-state index in [1.54, 1.807) is 49.5 Å². The molecule has 2 heterocycles. The van der Waals surface area contributed by atoms with Crippen LogP contribution < -0.4 is 10.9 Å². The van der Waals surface area contributed by atoms with Crippen LogP contribution in [0.4, 0.5) is 11.4 Å². The molecule has 0 radical (unpaired) electrons. The molecule has 2 aromatic heterocycles. The van der Waals surface area contributed by atoms with E-state index in [1.807, 2.05) is 6.07 Å². The maximum atomic E-state index is 13.1. The Morgan fingerprint density at radius 1 is 1.13 bits per heavy atom. The molecule has 1 N–H and O–H groups in total. The van der Waals surface area contributed by atoms with Gasteiger partial charge in [0.2, 0.25) is 6.29 Å². The SMILES string of the molecule is CCn1nc(-c2ccccc2)c(C(=O)OC(C)OC(C)=O)c(Nc2cccnc2)c1=O. The summed E-state index contributed by atoms with van der Waals surface area (Å²) in [5.41, 5.74) is 0.805. The summed E-state index contributed by atoms with van der Waals surface area (Å²) in [5, 5.41) is 7.37. The highest BCUT2D eigenvalue weighted by atomic mass is 16.7. The van der Waals surface area contributed by atoms with Crippen LogP contribution in [0.3, 0.4) is 0 Å². The zero-order chi connectivity index (χ0) is 22.4. The molecule has 0 aliphatic carbocycles. The molecule has 0 saturated heterocycles. The molecule has 0 amide bonds. The average Bonchev–Trinajstić information content (AvgIpc) is 2.75. The molecule has 1 unspecified atom stereocenters. The first-order chi connectivity index (χ1) is 14.9. The van der Waals surface area contributed by atoms with Crippen molar-refractivity contribution in [3.8, 4) is 11.3 Å². The summed E-state index contributed by atoms with van der Waals surface area (Å²) >= 11 is 0. The standard InChI is InChI=1S/C22H22N4O5/c1-4-26-21(28)20(24-17-11-8-12-23-13-17)18(22(29)31-15(3)30-14(2)27)19(25-26)16-9-6-5-7-10-16/h5-13,15,24H,4H2,1-3H3. The van der Waals surface area contributed by atoms with E-state index >= 15 is 0 Å². The molecule has 31 heavy (non-hydrogen) atoms. The Hall–Kier alpha value is -4.01. The highest BCUT2D eigenvalue weighted by Crippen LogP contribution is 2.28. The van der Waals surface area contributed by atoms with Gasteiger partial charge in [-0.15, -0.1) is 0 Å². The highest BCUT2D eigenvalue weighted by Gasteiger charge is 2.27. The quantitative estimate of drug-likeness (QED) is 0.456. The summed E-state index contributed by atoms with van der Waals surface area (Å²) in [5.74, 6) is -1.45. The van der Waals surface area contributed by atoms with Gasteiger partial charge < -0.3 is 14.8 Å². The largest absolute Gasteiger partial charge is 0.426 e. The number of ether oxygens (including phenoxy) is 2. The second kappa shape index (κ2) is 9.66. The molecule has 0 bridgehead atoms. The smallest absolute Gasteiger partial charge is 0.345 e. The average molecular weight is 422 g/mol. The van der Waals surface area contributed by atoms with Crippen LogP contribution in [0.15, 0.2) is 59.7 Å². The minimum Gasteiger partial charge on any atom is -0.426 e. The van der Waals surface area contributed by atoms with Crippen LogP contribution in [0.1, 0.15) is 31.1 Å². The van der Waals surface area contributed by atoms with Gasteiger partial charge in [0.05, 0.1) is 11.9 Å². The Balaban J connectivity index is 2.20. The summed E-state index contributed by atoms with van der Waals surface area (Å²) in [6.45, 7) is 4.69. The first-order valence-corrected chi connectivity index (χ1v) is 9.66. The van der Waals surface area contributed by atoms with Crippen LogP contribution in [0, 0.1) is 0 Å². The number of carbonyl (C=O) groups is 2. The molecule has 160 valence electrons. The molecule has 0 spiro atoms. The molecule has 9 heteroatoms. The zero-order valence-electron chi connectivity index (χ0n) is 17.4. The van der Waals surface area contributed by atoms with E-state index in [4.69, 9.17) is 9.47 Å². The summed E-state index contributed by atoms with van der Waals surface area (Å²) in [7, 11) is 0. The predicted molar refractivity (Wildman–Crippen MR) is 114 cm³/mol. The normalized spacial score (nSPS) is 11.5. The number of aryl methyl sites for hydroxylation is 1. The highest BCUT2D eigenvalue weighted by molar-refractivity contribution is 6.02. The number of rotatable bonds is 7. The van der Waals surface area contributed by atoms with Gasteiger partial charge in [-0.3, -0.25) is 14.6 Å². The van der Waals surface area contributed by atoms with Crippen molar-refractivity contribution in [3.63, 3.8) is 0 Å². The number of aromatic nitrogens is 3. The number of nitrogens with zero attached hydrogens (tertiary/aromatic N) is 3. The van der Waals surface area contributed by atoms with Gasteiger partial charge in [-0.2, -0.15) is 5.10 Å². The number of pyridine rings is 1. The van der Waals surface area contributed by atoms with Crippen LogP contribution >= 0.6 is 0 Å². The fourth-order valence-electron chi connectivity index (χ4n) is 2.95. The molecule has 9 nitrogen and oxygen atoms in total. The van der Waals surface area contributed by atoms with Crippen LogP contribution in [-0.2, 0) is 20.8 Å². The number of anilines is 2. The van der Waals surface area contributed by atoms with Crippen molar-refractivity contribution in [2.45, 2.75) is 33.6 Å². The number of nitrogens with one attached hydrogen (secondary N) is 1. The number of esters is 2. The van der Waals surface area contributed by atoms with E-state index in [1.165, 1.54) is 24.7 Å². The van der Waals surface area contributed by atoms with Gasteiger partial charge in [0.15, 0.2) is 0 Å². The van der Waals surface area contributed by atoms with E-state index in [2.05, 4.69) is 15.4 Å². The van der Waals surface area contributed by atoms with Crippen molar-refractivity contribution in [3.05, 3.63) is 70.8 Å². The summed E-state index contributed by atoms with van der Waals surface area (Å²) < 4.78 is 11.5. The van der Waals surface area contributed by atoms with Crippen molar-refractivity contribution < 1.29 is 19.1 Å². The Bertz CT molecular complexity index is 1130. The zero-order valence-corrected chi connectivity index (χ0v) is 17.4. The third-order valence-corrected chi connectivity index (χ3v) is 4.24. The van der Waals surface area contributed by atoms with Crippen LogP contribution in [0.2, 0.25) is 0 Å². The van der Waals surface area contributed by atoms with Gasteiger partial charge >= 0.3 is 11.9 Å². The number of benzene rings is 1. The Morgan fingerprint density at radius 2 is 1.87 bits per heavy atom. The summed E-state index contributed by atoms with van der Waals surface area (Å²) in [6, 6.07) is 12.4. The van der Waals surface area contributed by atoms with Gasteiger partial charge in [-0.05, 0) is 19.1 Å². The minimum atomic E-state index is -1.14. The first-order valence-electron chi connectivity index (χ1n) is 9.66. The van der Waals surface area contributed by atoms with E-state index in [0.29, 0.717) is 17.8 Å². The van der Waals surface area contributed by atoms with Gasteiger partial charge in [0, 0.05) is 32.2 Å². The third-order valence-electron chi connectivity index (χ3n) is 4.24. The first kappa shape index (κ1) is 21.7. The molecule has 0 saturated carbocycles. The lowest BCUT2D eigenvalue weighted by Crippen LogP contribution is -2.30. The maximum absolute atomic E-state index is 13.1. The lowest BCUT2D eigenvalue weighted by atomic mass is 10.0. The second-order valence-corrected chi connectivity index (χ2v) is 6.53. The van der Waals surface area contributed by atoms with Crippen molar-refractivity contribution >= 4 is 23.3 Å². The lowest BCUT2D eigenvalue weighted by Gasteiger charge is -2.18. The third kappa shape index (κ3) is 5.13. The van der Waals surface area contributed by atoms with Crippen LogP contribution in [-0.4, -0.2) is 33.0 Å². The van der Waals surface area contributed by atoms with E-state index in [0.717, 1.165) is 0 Å². The number of hydrogen-bond donors (Lipinski definition) is 1. The van der Waals surface area contributed by atoms with Gasteiger partial charge in [0.25, 0.3) is 5.56 Å². The van der Waals surface area contributed by atoms with Gasteiger partial charge in [-0.1, -0.05) is 30.3 Å². The maximum Gasteiger partial charge on any atom is 0.345 e. The van der Waals surface area contributed by atoms with Crippen molar-refractivity contribution in [1.29, 1.82) is 0 Å². The summed E-state index contributed by atoms with van der Waals surface area (Å²) in [6.07, 6.45) is 1.97. The molecule has 3 aromatic rings. The number of carbonyl (C=O) groups excluding carboxylic acids is 2. The molecular weight excluding hydrogens is 400 g/mol. The van der Waals surface area contributed by atoms with Crippen LogP contribution in [0.25, 0.3) is 11.3 Å². The van der Waals surface area contributed by atoms with E-state index < -0.39 is 23.8 Å². The molecule has 1 atom stereocenters. The second-order valence-electron chi connectivity index (χ2n) is 6.53. The fraction of sp³-hybridized carbons (Fsp3) is 0.227. The molecule has 0 aliphatic heterocycles. The van der Waals surface area contributed by atoms with E-state index in [9.17, 15) is 14.4 Å². The monoisotopic (exact) mass is 422 g/mol. The Labute approximate surface area is 178 Å².